The lowest BCUT2D eigenvalue weighted by Gasteiger charge is -2.10. The molecule has 0 bridgehead atoms. The van der Waals surface area contributed by atoms with Crippen molar-refractivity contribution >= 4 is 23.0 Å². The van der Waals surface area contributed by atoms with Gasteiger partial charge in [-0.3, -0.25) is 0 Å². The molecule has 1 unspecified atom stereocenters. The van der Waals surface area contributed by atoms with Crippen LogP contribution in [0.25, 0.3) is 0 Å². The third-order valence-electron chi connectivity index (χ3n) is 3.27. The minimum absolute atomic E-state index is 0.171. The molecule has 1 rings (SSSR count). The molecule has 25 heavy (non-hydrogen) atoms. The number of nitrogens with zero attached hydrogens (tertiary/aromatic N) is 2. The van der Waals surface area contributed by atoms with E-state index in [0.717, 1.165) is 31.4 Å². The highest BCUT2D eigenvalue weighted by Crippen LogP contribution is 2.29. The number of benzene rings is 1. The molecule has 0 aliphatic heterocycles. The van der Waals surface area contributed by atoms with Gasteiger partial charge in [-0.05, 0) is 38.2 Å². The van der Waals surface area contributed by atoms with Crippen molar-refractivity contribution in [2.45, 2.75) is 45.4 Å². The molecular formula is C18H23F3N2OS. The molecule has 0 N–H and O–H groups in total. The third-order valence-corrected chi connectivity index (χ3v) is 3.97. The van der Waals surface area contributed by atoms with Gasteiger partial charge in [0, 0.05) is 5.56 Å². The van der Waals surface area contributed by atoms with Crippen molar-refractivity contribution in [3.8, 4) is 0 Å². The molecule has 0 saturated carbocycles. The van der Waals surface area contributed by atoms with Crippen LogP contribution in [0.1, 0.15) is 44.2 Å². The third kappa shape index (κ3) is 7.77. The quantitative estimate of drug-likeness (QED) is 0.246. The summed E-state index contributed by atoms with van der Waals surface area (Å²) in [5.74, 6) is 0. The Morgan fingerprint density at radius 1 is 1.28 bits per heavy atom. The summed E-state index contributed by atoms with van der Waals surface area (Å²) in [6.07, 6.45) is 5.20. The van der Waals surface area contributed by atoms with Crippen molar-refractivity contribution in [3.05, 3.63) is 47.7 Å². The first kappa shape index (κ1) is 21.3. The van der Waals surface area contributed by atoms with E-state index in [1.165, 1.54) is 23.9 Å². The van der Waals surface area contributed by atoms with Gasteiger partial charge in [0.15, 0.2) is 0 Å². The molecule has 0 aliphatic rings. The maximum atomic E-state index is 12.6. The van der Waals surface area contributed by atoms with E-state index in [4.69, 9.17) is 4.74 Å². The van der Waals surface area contributed by atoms with Crippen LogP contribution in [-0.2, 0) is 10.9 Å². The Labute approximate surface area is 151 Å². The minimum atomic E-state index is -4.34. The van der Waals surface area contributed by atoms with Crippen molar-refractivity contribution in [2.75, 3.05) is 6.26 Å². The van der Waals surface area contributed by atoms with Crippen LogP contribution in [0.15, 0.2) is 46.8 Å². The molecule has 0 radical (unpaired) electrons. The molecule has 1 atom stereocenters. The van der Waals surface area contributed by atoms with Gasteiger partial charge in [0.25, 0.3) is 0 Å². The number of alkyl halides is 3. The van der Waals surface area contributed by atoms with Crippen LogP contribution in [0.5, 0.6) is 0 Å². The van der Waals surface area contributed by atoms with Gasteiger partial charge in [-0.2, -0.15) is 18.3 Å². The van der Waals surface area contributed by atoms with E-state index in [-0.39, 0.29) is 6.10 Å². The van der Waals surface area contributed by atoms with Crippen LogP contribution in [0, 0.1) is 0 Å². The fourth-order valence-corrected chi connectivity index (χ4v) is 2.44. The number of thioether (sulfide) groups is 1. The van der Waals surface area contributed by atoms with Gasteiger partial charge in [0.05, 0.1) is 18.0 Å². The van der Waals surface area contributed by atoms with Gasteiger partial charge in [0.2, 0.25) is 0 Å². The van der Waals surface area contributed by atoms with E-state index in [0.29, 0.717) is 10.6 Å². The molecule has 7 heteroatoms. The summed E-state index contributed by atoms with van der Waals surface area (Å²) in [6, 6.07) is 4.89. The van der Waals surface area contributed by atoms with E-state index in [1.807, 2.05) is 6.92 Å². The van der Waals surface area contributed by atoms with Gasteiger partial charge in [0.1, 0.15) is 11.1 Å². The molecule has 0 spiro atoms. The van der Waals surface area contributed by atoms with Crippen LogP contribution in [0.2, 0.25) is 0 Å². The normalized spacial score (nSPS) is 14.4. The Hall–Kier alpha value is -1.76. The van der Waals surface area contributed by atoms with E-state index in [2.05, 4.69) is 17.1 Å². The zero-order chi connectivity index (χ0) is 18.7. The first-order chi connectivity index (χ1) is 11.9. The summed E-state index contributed by atoms with van der Waals surface area (Å²) in [4.78, 5) is 0. The second kappa shape index (κ2) is 11.0. The molecule has 0 heterocycles. The summed E-state index contributed by atoms with van der Waals surface area (Å²) in [5.41, 5.74) is -0.0864. The number of hydrogen-bond acceptors (Lipinski definition) is 4. The van der Waals surface area contributed by atoms with E-state index >= 15 is 0 Å². The van der Waals surface area contributed by atoms with Gasteiger partial charge in [-0.25, -0.2) is 0 Å². The number of unbranched alkanes of at least 4 members (excludes halogenated alkanes) is 1. The molecule has 1 aromatic carbocycles. The van der Waals surface area contributed by atoms with E-state index in [9.17, 15) is 13.2 Å². The average molecular weight is 372 g/mol. The van der Waals surface area contributed by atoms with E-state index in [1.54, 1.807) is 24.8 Å². The smallest absolute Gasteiger partial charge is 0.416 e. The lowest BCUT2D eigenvalue weighted by atomic mass is 10.1. The van der Waals surface area contributed by atoms with Crippen molar-refractivity contribution in [1.29, 1.82) is 0 Å². The summed E-state index contributed by atoms with van der Waals surface area (Å²) in [5, 5.41) is 8.73. The lowest BCUT2D eigenvalue weighted by Crippen LogP contribution is -2.11. The first-order valence-corrected chi connectivity index (χ1v) is 9.24. The number of ether oxygens (including phenoxy) is 1. The average Bonchev–Trinajstić information content (AvgIpc) is 2.59. The summed E-state index contributed by atoms with van der Waals surface area (Å²) in [7, 11) is 0. The summed E-state index contributed by atoms with van der Waals surface area (Å²) >= 11 is 1.32. The fourth-order valence-electron chi connectivity index (χ4n) is 1.94. The standard InChI is InChI=1S/C18H23F3N2OS/c1-4-6-7-16(24-12-5-2)13-22-23-17(25-3)14-8-10-15(11-9-14)18(19,20)21/h5,8-13,16H,4,6-7H2,1-3H3/b12-5+,22-13+,23-17-. The highest BCUT2D eigenvalue weighted by Gasteiger charge is 2.30. The molecule has 0 aromatic heterocycles. The molecular weight excluding hydrogens is 349 g/mol. The maximum absolute atomic E-state index is 12.6. The maximum Gasteiger partial charge on any atom is 0.416 e. The second-order valence-corrected chi connectivity index (χ2v) is 6.03. The Morgan fingerprint density at radius 2 is 1.96 bits per heavy atom. The molecule has 0 amide bonds. The number of allylic oxidation sites excluding steroid dienone is 1. The minimum Gasteiger partial charge on any atom is -0.493 e. The predicted octanol–water partition coefficient (Wildman–Crippen LogP) is 5.91. The van der Waals surface area contributed by atoms with Crippen LogP contribution >= 0.6 is 11.8 Å². The van der Waals surface area contributed by atoms with Gasteiger partial charge in [-0.15, -0.1) is 16.9 Å². The molecule has 0 fully saturated rings. The topological polar surface area (TPSA) is 34.0 Å². The number of rotatable bonds is 8. The van der Waals surface area contributed by atoms with E-state index < -0.39 is 11.7 Å². The molecule has 0 saturated heterocycles. The second-order valence-electron chi connectivity index (χ2n) is 5.24. The Balaban J connectivity index is 2.86. The van der Waals surface area contributed by atoms with Crippen LogP contribution in [-0.4, -0.2) is 23.6 Å². The Bertz CT molecular complexity index is 595. The largest absolute Gasteiger partial charge is 0.493 e. The molecule has 138 valence electrons. The van der Waals surface area contributed by atoms with Gasteiger partial charge >= 0.3 is 6.18 Å². The monoisotopic (exact) mass is 372 g/mol. The van der Waals surface area contributed by atoms with Crippen LogP contribution < -0.4 is 0 Å². The number of hydrogen-bond donors (Lipinski definition) is 0. The van der Waals surface area contributed by atoms with Crippen LogP contribution in [0.4, 0.5) is 13.2 Å². The Morgan fingerprint density at radius 3 is 2.48 bits per heavy atom. The SMILES string of the molecule is C/C=C/OC(/C=N/N=C(\SC)c1ccc(C(F)(F)F)cc1)CCCC. The zero-order valence-electron chi connectivity index (χ0n) is 14.6. The van der Waals surface area contributed by atoms with Gasteiger partial charge in [-0.1, -0.05) is 31.6 Å². The lowest BCUT2D eigenvalue weighted by molar-refractivity contribution is -0.137. The summed E-state index contributed by atoms with van der Waals surface area (Å²) in [6.45, 7) is 3.96. The Kier molecular flexibility index (Phi) is 9.34. The zero-order valence-corrected chi connectivity index (χ0v) is 15.4. The van der Waals surface area contributed by atoms with Crippen molar-refractivity contribution in [1.82, 2.24) is 0 Å². The highest BCUT2D eigenvalue weighted by atomic mass is 32.2. The highest BCUT2D eigenvalue weighted by molar-refractivity contribution is 8.13. The van der Waals surface area contributed by atoms with Gasteiger partial charge < -0.3 is 4.74 Å². The number of halogens is 3. The van der Waals surface area contributed by atoms with Crippen molar-refractivity contribution < 1.29 is 17.9 Å². The predicted molar refractivity (Wildman–Crippen MR) is 99.2 cm³/mol. The van der Waals surface area contributed by atoms with Crippen molar-refractivity contribution in [3.63, 3.8) is 0 Å². The van der Waals surface area contributed by atoms with Crippen molar-refractivity contribution in [2.24, 2.45) is 10.2 Å². The molecule has 0 aliphatic carbocycles. The molecule has 1 aromatic rings. The first-order valence-electron chi connectivity index (χ1n) is 8.01. The fraction of sp³-hybridized carbons (Fsp3) is 0.444. The summed E-state index contributed by atoms with van der Waals surface area (Å²) < 4.78 is 43.4. The molecule has 3 nitrogen and oxygen atoms in total. The van der Waals surface area contributed by atoms with Crippen LogP contribution in [0.3, 0.4) is 0 Å².